The Hall–Kier alpha value is -6.16. The Morgan fingerprint density at radius 2 is 1.04 bits per heavy atom. The second kappa shape index (κ2) is 12.2. The summed E-state index contributed by atoms with van der Waals surface area (Å²) in [5, 5.41) is 7.70. The van der Waals surface area contributed by atoms with E-state index < -0.39 is 0 Å². The smallest absolute Gasteiger partial charge is 0.0517 e. The van der Waals surface area contributed by atoms with Crippen LogP contribution in [0.15, 0.2) is 176 Å². The zero-order valence-electron chi connectivity index (χ0n) is 30.0. The zero-order chi connectivity index (χ0) is 35.7. The lowest BCUT2D eigenvalue weighted by Crippen LogP contribution is -2.21. The molecule has 0 spiro atoms. The van der Waals surface area contributed by atoms with Gasteiger partial charge in [-0.15, -0.1) is 11.3 Å². The third kappa shape index (κ3) is 5.23. The summed E-state index contributed by atoms with van der Waals surface area (Å²) in [6, 6.07) is 64.7. The molecule has 0 aliphatic heterocycles. The standard InChI is InChI=1S/C50H38N2S/c1-50(2,3)52-45-19-11-9-17-41(45)42-29-26-37(31-46(42)52)51(38-27-30-44-43-18-10-12-20-47(43)53-48(44)32-38)36-24-21-34(22-25-36)40-28-23-33-13-7-8-16-39(33)49(40)35-14-5-4-6-15-35/h4-32H,1-3H3. The van der Waals surface area contributed by atoms with Crippen LogP contribution in [0.2, 0.25) is 0 Å². The van der Waals surface area contributed by atoms with Crippen molar-refractivity contribution < 1.29 is 0 Å². The molecule has 10 aromatic rings. The molecule has 53 heavy (non-hydrogen) atoms. The number of fused-ring (bicyclic) bond motifs is 7. The van der Waals surface area contributed by atoms with Gasteiger partial charge in [-0.3, -0.25) is 0 Å². The first-order valence-corrected chi connectivity index (χ1v) is 19.2. The number of aromatic nitrogens is 1. The van der Waals surface area contributed by atoms with Gasteiger partial charge < -0.3 is 9.47 Å². The third-order valence-electron chi connectivity index (χ3n) is 10.6. The average molecular weight is 699 g/mol. The fourth-order valence-electron chi connectivity index (χ4n) is 8.34. The molecule has 3 heteroatoms. The molecule has 2 nitrogen and oxygen atoms in total. The lowest BCUT2D eigenvalue weighted by Gasteiger charge is -2.28. The van der Waals surface area contributed by atoms with Gasteiger partial charge in [0.05, 0.1) is 5.52 Å². The summed E-state index contributed by atoms with van der Waals surface area (Å²) in [5.74, 6) is 0. The fraction of sp³-hybridized carbons (Fsp3) is 0.0800. The van der Waals surface area contributed by atoms with E-state index in [4.69, 9.17) is 0 Å². The first-order valence-electron chi connectivity index (χ1n) is 18.4. The molecule has 0 aliphatic carbocycles. The van der Waals surface area contributed by atoms with Gasteiger partial charge in [0.2, 0.25) is 0 Å². The minimum atomic E-state index is -0.0985. The van der Waals surface area contributed by atoms with Crippen LogP contribution in [-0.2, 0) is 5.54 Å². The van der Waals surface area contributed by atoms with E-state index in [1.807, 2.05) is 11.3 Å². The van der Waals surface area contributed by atoms with E-state index in [0.717, 1.165) is 17.1 Å². The third-order valence-corrected chi connectivity index (χ3v) is 11.8. The van der Waals surface area contributed by atoms with Gasteiger partial charge in [0.1, 0.15) is 0 Å². The summed E-state index contributed by atoms with van der Waals surface area (Å²) in [7, 11) is 0. The van der Waals surface area contributed by atoms with Crippen molar-refractivity contribution in [1.29, 1.82) is 0 Å². The quantitative estimate of drug-likeness (QED) is 0.174. The van der Waals surface area contributed by atoms with E-state index in [9.17, 15) is 0 Å². The van der Waals surface area contributed by atoms with Crippen molar-refractivity contribution in [2.75, 3.05) is 4.90 Å². The Morgan fingerprint density at radius 1 is 0.434 bits per heavy atom. The highest BCUT2D eigenvalue weighted by Gasteiger charge is 2.23. The number of thiophene rings is 1. The van der Waals surface area contributed by atoms with Crippen LogP contribution in [0.3, 0.4) is 0 Å². The zero-order valence-corrected chi connectivity index (χ0v) is 30.9. The van der Waals surface area contributed by atoms with Crippen LogP contribution in [0.25, 0.3) is 75.0 Å². The Balaban J connectivity index is 1.17. The molecule has 254 valence electrons. The molecule has 0 fully saturated rings. The summed E-state index contributed by atoms with van der Waals surface area (Å²) in [6.07, 6.45) is 0. The lowest BCUT2D eigenvalue weighted by atomic mass is 9.90. The molecule has 8 aromatic carbocycles. The Kier molecular flexibility index (Phi) is 7.28. The molecular formula is C50H38N2S. The van der Waals surface area contributed by atoms with Crippen molar-refractivity contribution in [3.63, 3.8) is 0 Å². The number of nitrogens with zero attached hydrogens (tertiary/aromatic N) is 2. The lowest BCUT2D eigenvalue weighted by molar-refractivity contribution is 0.423. The fourth-order valence-corrected chi connectivity index (χ4v) is 9.48. The van der Waals surface area contributed by atoms with E-state index in [-0.39, 0.29) is 5.54 Å². The summed E-state index contributed by atoms with van der Waals surface area (Å²) in [6.45, 7) is 6.90. The van der Waals surface area contributed by atoms with Gasteiger partial charge in [-0.2, -0.15) is 0 Å². The molecule has 10 rings (SSSR count). The molecule has 0 radical (unpaired) electrons. The molecule has 0 amide bonds. The molecule has 0 N–H and O–H groups in total. The Morgan fingerprint density at radius 3 is 1.83 bits per heavy atom. The second-order valence-electron chi connectivity index (χ2n) is 15.0. The summed E-state index contributed by atoms with van der Waals surface area (Å²) < 4.78 is 5.11. The van der Waals surface area contributed by atoms with Crippen LogP contribution in [-0.4, -0.2) is 4.57 Å². The summed E-state index contributed by atoms with van der Waals surface area (Å²) in [4.78, 5) is 2.43. The predicted molar refractivity (Wildman–Crippen MR) is 230 cm³/mol. The Labute approximate surface area is 313 Å². The van der Waals surface area contributed by atoms with Crippen LogP contribution in [0, 0.1) is 0 Å². The molecule has 0 unspecified atom stereocenters. The predicted octanol–water partition coefficient (Wildman–Crippen LogP) is 14.9. The largest absolute Gasteiger partial charge is 0.335 e. The topological polar surface area (TPSA) is 8.17 Å². The van der Waals surface area contributed by atoms with Crippen LogP contribution in [0.4, 0.5) is 17.1 Å². The molecule has 0 atom stereocenters. The number of anilines is 3. The van der Waals surface area contributed by atoms with Crippen molar-refractivity contribution in [2.24, 2.45) is 0 Å². The first kappa shape index (κ1) is 31.6. The minimum Gasteiger partial charge on any atom is -0.335 e. The van der Waals surface area contributed by atoms with E-state index >= 15 is 0 Å². The highest BCUT2D eigenvalue weighted by Crippen LogP contribution is 2.44. The number of rotatable bonds is 5. The minimum absolute atomic E-state index is 0.0985. The van der Waals surface area contributed by atoms with Crippen molar-refractivity contribution in [3.05, 3.63) is 176 Å². The van der Waals surface area contributed by atoms with Gasteiger partial charge >= 0.3 is 0 Å². The summed E-state index contributed by atoms with van der Waals surface area (Å²) in [5.41, 5.74) is 10.7. The normalized spacial score (nSPS) is 12.1. The van der Waals surface area contributed by atoms with E-state index in [2.05, 4.69) is 206 Å². The van der Waals surface area contributed by atoms with Gasteiger partial charge in [-0.05, 0) is 102 Å². The van der Waals surface area contributed by atoms with E-state index in [0.29, 0.717) is 0 Å². The number of hydrogen-bond donors (Lipinski definition) is 0. The number of hydrogen-bond acceptors (Lipinski definition) is 2. The first-order chi connectivity index (χ1) is 25.9. The van der Waals surface area contributed by atoms with Crippen LogP contribution >= 0.6 is 11.3 Å². The highest BCUT2D eigenvalue weighted by molar-refractivity contribution is 7.25. The molecule has 0 saturated heterocycles. The second-order valence-corrected chi connectivity index (χ2v) is 16.0. The maximum atomic E-state index is 2.50. The maximum absolute atomic E-state index is 2.50. The van der Waals surface area contributed by atoms with Crippen molar-refractivity contribution in [1.82, 2.24) is 4.57 Å². The van der Waals surface area contributed by atoms with E-state index in [1.165, 1.54) is 75.0 Å². The number of benzene rings is 8. The molecule has 2 heterocycles. The molecule has 0 bridgehead atoms. The van der Waals surface area contributed by atoms with Crippen molar-refractivity contribution >= 4 is 81.1 Å². The maximum Gasteiger partial charge on any atom is 0.0517 e. The van der Waals surface area contributed by atoms with Crippen LogP contribution in [0.1, 0.15) is 20.8 Å². The SMILES string of the molecule is CC(C)(C)n1c2ccccc2c2ccc(N(c3ccc(-c4ccc5ccccc5c4-c4ccccc4)cc3)c3ccc4c(c3)sc3ccccc34)cc21. The van der Waals surface area contributed by atoms with Crippen LogP contribution < -0.4 is 4.90 Å². The Bertz CT molecular complexity index is 2980. The average Bonchev–Trinajstić information content (AvgIpc) is 3.73. The molecule has 2 aromatic heterocycles. The molecule has 0 saturated carbocycles. The van der Waals surface area contributed by atoms with Crippen molar-refractivity contribution in [2.45, 2.75) is 26.3 Å². The van der Waals surface area contributed by atoms with Gasteiger partial charge in [0.15, 0.2) is 0 Å². The van der Waals surface area contributed by atoms with Crippen LogP contribution in [0.5, 0.6) is 0 Å². The van der Waals surface area contributed by atoms with Gasteiger partial charge in [0, 0.05) is 59.1 Å². The van der Waals surface area contributed by atoms with Gasteiger partial charge in [0.25, 0.3) is 0 Å². The van der Waals surface area contributed by atoms with Gasteiger partial charge in [-0.1, -0.05) is 127 Å². The number of para-hydroxylation sites is 1. The van der Waals surface area contributed by atoms with Gasteiger partial charge in [-0.25, -0.2) is 0 Å². The molecular weight excluding hydrogens is 661 g/mol. The monoisotopic (exact) mass is 698 g/mol. The molecule has 0 aliphatic rings. The summed E-state index contributed by atoms with van der Waals surface area (Å²) >= 11 is 1.86. The van der Waals surface area contributed by atoms with E-state index in [1.54, 1.807) is 0 Å². The van der Waals surface area contributed by atoms with Crippen molar-refractivity contribution in [3.8, 4) is 22.3 Å². The highest BCUT2D eigenvalue weighted by atomic mass is 32.1.